The van der Waals surface area contributed by atoms with Crippen LogP contribution in [-0.2, 0) is 4.74 Å². The smallest absolute Gasteiger partial charge is 0.338 e. The Hall–Kier alpha value is -2.69. The van der Waals surface area contributed by atoms with Crippen molar-refractivity contribution in [3.05, 3.63) is 59.9 Å². The molecule has 0 unspecified atom stereocenters. The molecule has 0 bridgehead atoms. The van der Waals surface area contributed by atoms with Crippen molar-refractivity contribution in [2.75, 3.05) is 18.2 Å². The fraction of sp³-hybridized carbons (Fsp3) is 0.235. The molecule has 0 saturated heterocycles. The highest BCUT2D eigenvalue weighted by atomic mass is 16.5. The number of pyridine rings is 1. The third kappa shape index (κ3) is 2.98. The first-order valence-electron chi connectivity index (χ1n) is 7.30. The summed E-state index contributed by atoms with van der Waals surface area (Å²) in [6.45, 7) is 3.00. The molecule has 0 aliphatic carbocycles. The monoisotopic (exact) mass is 295 g/mol. The molecule has 0 saturated carbocycles. The van der Waals surface area contributed by atoms with Gasteiger partial charge < -0.3 is 4.74 Å². The predicted octanol–water partition coefficient (Wildman–Crippen LogP) is 2.87. The zero-order valence-electron chi connectivity index (χ0n) is 12.4. The molecule has 0 amide bonds. The normalized spacial score (nSPS) is 13.9. The standard InChI is InChI=1S/C17H17N3O2/c1-2-22-17(21)13-5-7-15(8-6-13)20-11-9-16(19-20)14-4-3-10-18-12-14/h3-8,10,12H,2,9,11H2,1H3. The maximum atomic E-state index is 11.6. The number of hydrogen-bond acceptors (Lipinski definition) is 5. The van der Waals surface area contributed by atoms with Crippen molar-refractivity contribution in [2.24, 2.45) is 5.10 Å². The van der Waals surface area contributed by atoms with Crippen LogP contribution in [0.15, 0.2) is 53.9 Å². The lowest BCUT2D eigenvalue weighted by molar-refractivity contribution is 0.0526. The summed E-state index contributed by atoms with van der Waals surface area (Å²) in [6, 6.07) is 11.2. The molecular formula is C17H17N3O2. The van der Waals surface area contributed by atoms with E-state index in [2.05, 4.69) is 10.1 Å². The minimum Gasteiger partial charge on any atom is -0.462 e. The molecule has 0 atom stereocenters. The van der Waals surface area contributed by atoms with Gasteiger partial charge in [0, 0.05) is 30.9 Å². The third-order valence-corrected chi connectivity index (χ3v) is 3.47. The van der Waals surface area contributed by atoms with Crippen LogP contribution in [0.2, 0.25) is 0 Å². The van der Waals surface area contributed by atoms with Crippen LogP contribution < -0.4 is 5.01 Å². The highest BCUT2D eigenvalue weighted by Gasteiger charge is 2.17. The first-order valence-corrected chi connectivity index (χ1v) is 7.30. The molecule has 3 rings (SSSR count). The SMILES string of the molecule is CCOC(=O)c1ccc(N2CCC(c3cccnc3)=N2)cc1. The molecule has 0 radical (unpaired) electrons. The Morgan fingerprint density at radius 1 is 1.27 bits per heavy atom. The summed E-state index contributed by atoms with van der Waals surface area (Å²) in [5.74, 6) is -0.296. The maximum Gasteiger partial charge on any atom is 0.338 e. The molecular weight excluding hydrogens is 278 g/mol. The lowest BCUT2D eigenvalue weighted by Gasteiger charge is -2.13. The van der Waals surface area contributed by atoms with E-state index in [-0.39, 0.29) is 5.97 Å². The molecule has 0 fully saturated rings. The van der Waals surface area contributed by atoms with Crippen molar-refractivity contribution >= 4 is 17.4 Å². The van der Waals surface area contributed by atoms with Crippen LogP contribution in [-0.4, -0.2) is 29.8 Å². The van der Waals surface area contributed by atoms with Gasteiger partial charge in [0.05, 0.1) is 23.6 Å². The molecule has 5 nitrogen and oxygen atoms in total. The quantitative estimate of drug-likeness (QED) is 0.814. The van der Waals surface area contributed by atoms with E-state index >= 15 is 0 Å². The number of benzene rings is 1. The van der Waals surface area contributed by atoms with Crippen molar-refractivity contribution in [3.8, 4) is 0 Å². The second-order valence-corrected chi connectivity index (χ2v) is 4.93. The second kappa shape index (κ2) is 6.39. The second-order valence-electron chi connectivity index (χ2n) is 4.93. The van der Waals surface area contributed by atoms with Gasteiger partial charge >= 0.3 is 5.97 Å². The van der Waals surface area contributed by atoms with Gasteiger partial charge in [-0.1, -0.05) is 6.07 Å². The number of hydrazone groups is 1. The lowest BCUT2D eigenvalue weighted by atomic mass is 10.1. The van der Waals surface area contributed by atoms with Crippen LogP contribution in [0, 0.1) is 0 Å². The average molecular weight is 295 g/mol. The molecule has 0 spiro atoms. The number of esters is 1. The molecule has 1 aliphatic heterocycles. The average Bonchev–Trinajstić information content (AvgIpc) is 3.06. The zero-order chi connectivity index (χ0) is 15.4. The summed E-state index contributed by atoms with van der Waals surface area (Å²) < 4.78 is 4.98. The summed E-state index contributed by atoms with van der Waals surface area (Å²) in [6.07, 6.45) is 4.46. The van der Waals surface area contributed by atoms with Crippen LogP contribution >= 0.6 is 0 Å². The van der Waals surface area contributed by atoms with E-state index in [1.54, 1.807) is 25.3 Å². The van der Waals surface area contributed by atoms with E-state index in [0.717, 1.165) is 29.9 Å². The van der Waals surface area contributed by atoms with Crippen molar-refractivity contribution < 1.29 is 9.53 Å². The van der Waals surface area contributed by atoms with E-state index < -0.39 is 0 Å². The molecule has 1 aromatic heterocycles. The van der Waals surface area contributed by atoms with Gasteiger partial charge in [-0.05, 0) is 37.3 Å². The number of rotatable bonds is 4. The number of carbonyl (C=O) groups is 1. The van der Waals surface area contributed by atoms with Gasteiger partial charge in [0.2, 0.25) is 0 Å². The first-order chi connectivity index (χ1) is 10.8. The molecule has 2 heterocycles. The Morgan fingerprint density at radius 2 is 2.09 bits per heavy atom. The fourth-order valence-corrected chi connectivity index (χ4v) is 2.36. The van der Waals surface area contributed by atoms with Gasteiger partial charge in [-0.2, -0.15) is 5.10 Å². The Labute approximate surface area is 129 Å². The number of ether oxygens (including phenoxy) is 1. The number of hydrogen-bond donors (Lipinski definition) is 0. The highest BCUT2D eigenvalue weighted by molar-refractivity contribution is 6.02. The molecule has 5 heteroatoms. The van der Waals surface area contributed by atoms with Gasteiger partial charge in [0.1, 0.15) is 0 Å². The van der Waals surface area contributed by atoms with E-state index in [0.29, 0.717) is 12.2 Å². The van der Waals surface area contributed by atoms with E-state index in [1.165, 1.54) is 0 Å². The molecule has 0 N–H and O–H groups in total. The third-order valence-electron chi connectivity index (χ3n) is 3.47. The topological polar surface area (TPSA) is 54.8 Å². The van der Waals surface area contributed by atoms with Crippen LogP contribution in [0.4, 0.5) is 5.69 Å². The molecule has 1 aromatic carbocycles. The summed E-state index contributed by atoms with van der Waals surface area (Å²) in [5.41, 5.74) is 3.60. The molecule has 112 valence electrons. The van der Waals surface area contributed by atoms with E-state index in [9.17, 15) is 4.79 Å². The first kappa shape index (κ1) is 14.3. The van der Waals surface area contributed by atoms with Gasteiger partial charge in [-0.3, -0.25) is 9.99 Å². The zero-order valence-corrected chi connectivity index (χ0v) is 12.4. The summed E-state index contributed by atoms with van der Waals surface area (Å²) >= 11 is 0. The molecule has 1 aliphatic rings. The minimum atomic E-state index is -0.296. The van der Waals surface area contributed by atoms with Gasteiger partial charge in [0.15, 0.2) is 0 Å². The molecule has 22 heavy (non-hydrogen) atoms. The largest absolute Gasteiger partial charge is 0.462 e. The van der Waals surface area contributed by atoms with E-state index in [1.807, 2.05) is 35.5 Å². The number of nitrogens with zero attached hydrogens (tertiary/aromatic N) is 3. The highest BCUT2D eigenvalue weighted by Crippen LogP contribution is 2.22. The van der Waals surface area contributed by atoms with Crippen LogP contribution in [0.25, 0.3) is 0 Å². The van der Waals surface area contributed by atoms with Gasteiger partial charge in [-0.15, -0.1) is 0 Å². The minimum absolute atomic E-state index is 0.296. The van der Waals surface area contributed by atoms with Crippen molar-refractivity contribution in [3.63, 3.8) is 0 Å². The van der Waals surface area contributed by atoms with E-state index in [4.69, 9.17) is 4.74 Å². The predicted molar refractivity (Wildman–Crippen MR) is 85.1 cm³/mol. The Kier molecular flexibility index (Phi) is 4.14. The van der Waals surface area contributed by atoms with Crippen LogP contribution in [0.5, 0.6) is 0 Å². The number of carbonyl (C=O) groups excluding carboxylic acids is 1. The fourth-order valence-electron chi connectivity index (χ4n) is 2.36. The van der Waals surface area contributed by atoms with Crippen molar-refractivity contribution in [1.29, 1.82) is 0 Å². The van der Waals surface area contributed by atoms with Crippen molar-refractivity contribution in [1.82, 2.24) is 4.98 Å². The summed E-state index contributed by atoms with van der Waals surface area (Å²) in [7, 11) is 0. The van der Waals surface area contributed by atoms with Gasteiger partial charge in [0.25, 0.3) is 0 Å². The van der Waals surface area contributed by atoms with Gasteiger partial charge in [-0.25, -0.2) is 4.79 Å². The van der Waals surface area contributed by atoms with Crippen LogP contribution in [0.1, 0.15) is 29.3 Å². The Bertz CT molecular complexity index is 681. The maximum absolute atomic E-state index is 11.6. The molecule has 2 aromatic rings. The summed E-state index contributed by atoms with van der Waals surface area (Å²) in [5, 5.41) is 6.57. The Balaban J connectivity index is 1.75. The van der Waals surface area contributed by atoms with Crippen LogP contribution in [0.3, 0.4) is 0 Å². The number of anilines is 1. The number of aromatic nitrogens is 1. The Morgan fingerprint density at radius 3 is 2.77 bits per heavy atom. The summed E-state index contributed by atoms with van der Waals surface area (Å²) in [4.78, 5) is 15.8. The van der Waals surface area contributed by atoms with Crippen molar-refractivity contribution in [2.45, 2.75) is 13.3 Å². The lowest BCUT2D eigenvalue weighted by Crippen LogP contribution is -2.12.